The molecule has 2 saturated heterocycles. The van der Waals surface area contributed by atoms with Crippen LogP contribution in [0.25, 0.3) is 0 Å². The first-order valence-corrected chi connectivity index (χ1v) is 12.1. The molecule has 164 valence electrons. The van der Waals surface area contributed by atoms with Crippen LogP contribution in [0.3, 0.4) is 0 Å². The minimum atomic E-state index is 0.368. The van der Waals surface area contributed by atoms with Crippen molar-refractivity contribution in [2.24, 2.45) is 16.3 Å². The van der Waals surface area contributed by atoms with Crippen LogP contribution in [0.15, 0.2) is 35.3 Å². The quantitative estimate of drug-likeness (QED) is 0.587. The van der Waals surface area contributed by atoms with Gasteiger partial charge in [-0.2, -0.15) is 0 Å². The zero-order chi connectivity index (χ0) is 20.6. The van der Waals surface area contributed by atoms with Crippen LogP contribution in [0.5, 0.6) is 0 Å². The van der Waals surface area contributed by atoms with Crippen LogP contribution in [-0.4, -0.2) is 55.8 Å². The monoisotopic (exact) mass is 410 g/mol. The molecule has 30 heavy (non-hydrogen) atoms. The Hall–Kier alpha value is -1.59. The molecule has 4 fully saturated rings. The van der Waals surface area contributed by atoms with Gasteiger partial charge in [-0.25, -0.2) is 0 Å². The molecule has 5 heteroatoms. The maximum Gasteiger partial charge on any atom is 0.191 e. The molecule has 0 radical (unpaired) electrons. The highest BCUT2D eigenvalue weighted by Gasteiger charge is 2.65. The third-order valence-electron chi connectivity index (χ3n) is 8.50. The third kappa shape index (κ3) is 3.54. The highest BCUT2D eigenvalue weighted by Crippen LogP contribution is 2.60. The number of aliphatic imine (C=N–C) groups is 1. The standard InChI is InChI=1S/C25H38N4O/c1-18(19-8-4-3-5-9-19)29-15-10-20(11-16-29)27-24(26-2)28-22-21-12-17-30-23(21)25(22)13-6-7-14-25/h3-5,8-9,18,20-23H,6-7,10-17H2,1-2H3,(H2,26,27,28). The molecule has 0 bridgehead atoms. The Bertz CT molecular complexity index is 737. The second kappa shape index (κ2) is 8.51. The summed E-state index contributed by atoms with van der Waals surface area (Å²) < 4.78 is 6.15. The van der Waals surface area contributed by atoms with Gasteiger partial charge in [-0.15, -0.1) is 0 Å². The molecule has 1 aromatic rings. The molecule has 1 aromatic carbocycles. The van der Waals surface area contributed by atoms with Crippen molar-refractivity contribution in [3.63, 3.8) is 0 Å². The lowest BCUT2D eigenvalue weighted by atomic mass is 9.54. The van der Waals surface area contributed by atoms with Gasteiger partial charge in [0.25, 0.3) is 0 Å². The normalized spacial score (nSPS) is 32.6. The summed E-state index contributed by atoms with van der Waals surface area (Å²) in [6, 6.07) is 12.4. The fourth-order valence-electron chi connectivity index (χ4n) is 6.79. The molecule has 2 heterocycles. The summed E-state index contributed by atoms with van der Waals surface area (Å²) in [5.41, 5.74) is 1.79. The number of likely N-dealkylation sites (tertiary alicyclic amines) is 1. The predicted octanol–water partition coefficient (Wildman–Crippen LogP) is 3.72. The number of benzene rings is 1. The summed E-state index contributed by atoms with van der Waals surface area (Å²) in [6.45, 7) is 5.55. The lowest BCUT2D eigenvalue weighted by Crippen LogP contribution is -2.69. The van der Waals surface area contributed by atoms with Crippen molar-refractivity contribution >= 4 is 5.96 Å². The Balaban J connectivity index is 1.15. The molecule has 4 atom stereocenters. The number of nitrogens with one attached hydrogen (secondary N) is 2. The smallest absolute Gasteiger partial charge is 0.191 e. The van der Waals surface area contributed by atoms with Gasteiger partial charge in [0.1, 0.15) is 0 Å². The highest BCUT2D eigenvalue weighted by atomic mass is 16.5. The maximum absolute atomic E-state index is 6.15. The average molecular weight is 411 g/mol. The van der Waals surface area contributed by atoms with Crippen LogP contribution in [0.1, 0.15) is 63.5 Å². The van der Waals surface area contributed by atoms with Crippen molar-refractivity contribution in [2.75, 3.05) is 26.7 Å². The van der Waals surface area contributed by atoms with Gasteiger partial charge < -0.3 is 15.4 Å². The Labute approximate surface area is 181 Å². The molecular formula is C25H38N4O. The van der Waals surface area contributed by atoms with E-state index in [1.54, 1.807) is 0 Å². The number of ether oxygens (including phenoxy) is 1. The van der Waals surface area contributed by atoms with Crippen LogP contribution in [0.2, 0.25) is 0 Å². The molecule has 0 aromatic heterocycles. The predicted molar refractivity (Wildman–Crippen MR) is 122 cm³/mol. The number of hydrogen-bond acceptors (Lipinski definition) is 3. The molecule has 2 aliphatic heterocycles. The van der Waals surface area contributed by atoms with Gasteiger partial charge in [0.05, 0.1) is 6.10 Å². The van der Waals surface area contributed by atoms with E-state index < -0.39 is 0 Å². The number of guanidine groups is 1. The van der Waals surface area contributed by atoms with Gasteiger partial charge in [0.15, 0.2) is 5.96 Å². The largest absolute Gasteiger partial charge is 0.377 e. The number of nitrogens with zero attached hydrogens (tertiary/aromatic N) is 2. The van der Waals surface area contributed by atoms with E-state index in [0.717, 1.165) is 25.7 Å². The first-order valence-electron chi connectivity index (χ1n) is 12.1. The summed E-state index contributed by atoms with van der Waals surface area (Å²) >= 11 is 0. The lowest BCUT2D eigenvalue weighted by Gasteiger charge is -2.57. The fourth-order valence-corrected chi connectivity index (χ4v) is 6.79. The van der Waals surface area contributed by atoms with E-state index >= 15 is 0 Å². The van der Waals surface area contributed by atoms with Crippen molar-refractivity contribution in [1.29, 1.82) is 0 Å². The molecular weight excluding hydrogens is 372 g/mol. The first kappa shape index (κ1) is 20.3. The van der Waals surface area contributed by atoms with Crippen molar-refractivity contribution in [3.8, 4) is 0 Å². The average Bonchev–Trinajstić information content (AvgIpc) is 3.46. The minimum absolute atomic E-state index is 0.368. The molecule has 5 rings (SSSR count). The Morgan fingerprint density at radius 1 is 1.10 bits per heavy atom. The molecule has 4 unspecified atom stereocenters. The molecule has 2 saturated carbocycles. The number of piperidine rings is 1. The van der Waals surface area contributed by atoms with E-state index in [-0.39, 0.29) is 0 Å². The van der Waals surface area contributed by atoms with Crippen LogP contribution in [0.4, 0.5) is 0 Å². The number of hydrogen-bond donors (Lipinski definition) is 2. The Kier molecular flexibility index (Phi) is 5.76. The van der Waals surface area contributed by atoms with Gasteiger partial charge in [0.2, 0.25) is 0 Å². The van der Waals surface area contributed by atoms with Crippen molar-refractivity contribution < 1.29 is 4.74 Å². The zero-order valence-corrected chi connectivity index (χ0v) is 18.6. The van der Waals surface area contributed by atoms with E-state index in [1.165, 1.54) is 50.5 Å². The van der Waals surface area contributed by atoms with Gasteiger partial charge in [-0.1, -0.05) is 43.2 Å². The van der Waals surface area contributed by atoms with Crippen LogP contribution >= 0.6 is 0 Å². The summed E-state index contributed by atoms with van der Waals surface area (Å²) in [4.78, 5) is 7.23. The first-order chi connectivity index (χ1) is 14.7. The molecule has 4 aliphatic rings. The van der Waals surface area contributed by atoms with Crippen molar-refractivity contribution in [3.05, 3.63) is 35.9 Å². The second-order valence-corrected chi connectivity index (χ2v) is 9.92. The van der Waals surface area contributed by atoms with Crippen LogP contribution in [0, 0.1) is 11.3 Å². The van der Waals surface area contributed by atoms with E-state index in [0.29, 0.717) is 35.6 Å². The summed E-state index contributed by atoms with van der Waals surface area (Å²) in [7, 11) is 1.92. The molecule has 2 N–H and O–H groups in total. The summed E-state index contributed by atoms with van der Waals surface area (Å²) in [5, 5.41) is 7.62. The SMILES string of the molecule is CN=C(NC1CCN(C(C)c2ccccc2)CC1)NC1C2CCOC2C12CCCC2. The zero-order valence-electron chi connectivity index (χ0n) is 18.6. The molecule has 0 amide bonds. The van der Waals surface area contributed by atoms with E-state index in [1.807, 2.05) is 7.05 Å². The van der Waals surface area contributed by atoms with Gasteiger partial charge in [0, 0.05) is 56.2 Å². The highest BCUT2D eigenvalue weighted by molar-refractivity contribution is 5.80. The van der Waals surface area contributed by atoms with E-state index in [2.05, 4.69) is 57.8 Å². The van der Waals surface area contributed by atoms with Crippen LogP contribution < -0.4 is 10.6 Å². The Morgan fingerprint density at radius 2 is 1.83 bits per heavy atom. The number of fused-ring (bicyclic) bond motifs is 2. The molecule has 5 nitrogen and oxygen atoms in total. The van der Waals surface area contributed by atoms with E-state index in [9.17, 15) is 0 Å². The van der Waals surface area contributed by atoms with E-state index in [4.69, 9.17) is 4.74 Å². The summed E-state index contributed by atoms with van der Waals surface area (Å²) in [5.74, 6) is 1.68. The maximum atomic E-state index is 6.15. The summed E-state index contributed by atoms with van der Waals surface area (Å²) in [6.07, 6.45) is 9.39. The van der Waals surface area contributed by atoms with Crippen molar-refractivity contribution in [1.82, 2.24) is 15.5 Å². The lowest BCUT2D eigenvalue weighted by molar-refractivity contribution is -0.125. The fraction of sp³-hybridized carbons (Fsp3) is 0.720. The molecule has 2 aliphatic carbocycles. The van der Waals surface area contributed by atoms with Crippen molar-refractivity contribution in [2.45, 2.75) is 76.1 Å². The van der Waals surface area contributed by atoms with Gasteiger partial charge in [-0.3, -0.25) is 9.89 Å². The minimum Gasteiger partial charge on any atom is -0.377 e. The van der Waals surface area contributed by atoms with Crippen LogP contribution in [-0.2, 0) is 4.74 Å². The number of rotatable bonds is 4. The van der Waals surface area contributed by atoms with Gasteiger partial charge >= 0.3 is 0 Å². The second-order valence-electron chi connectivity index (χ2n) is 9.92. The third-order valence-corrected chi connectivity index (χ3v) is 8.50. The Morgan fingerprint density at radius 3 is 2.53 bits per heavy atom. The van der Waals surface area contributed by atoms with Gasteiger partial charge in [-0.05, 0) is 44.6 Å². The molecule has 1 spiro atoms. The topological polar surface area (TPSA) is 48.9 Å².